The van der Waals surface area contributed by atoms with E-state index in [1.807, 2.05) is 12.2 Å². The molecule has 1 aliphatic carbocycles. The molecular weight excluding hydrogens is 523 g/mol. The molecule has 0 radical (unpaired) electrons. The van der Waals surface area contributed by atoms with Crippen molar-refractivity contribution in [2.45, 2.75) is 30.3 Å². The summed E-state index contributed by atoms with van der Waals surface area (Å²) in [6.45, 7) is 0.127. The quantitative estimate of drug-likeness (QED) is 0.489. The van der Waals surface area contributed by atoms with Crippen LogP contribution in [0.15, 0.2) is 75.2 Å². The number of nitrogens with one attached hydrogen (secondary N) is 2. The number of allylic oxidation sites excluding steroid dienone is 1. The predicted octanol–water partition coefficient (Wildman–Crippen LogP) is 2.90. The van der Waals surface area contributed by atoms with E-state index < -0.39 is 37.7 Å². The van der Waals surface area contributed by atoms with Crippen molar-refractivity contribution >= 4 is 43.2 Å². The number of hydrogen-bond donors (Lipinski definition) is 3. The van der Waals surface area contributed by atoms with Crippen molar-refractivity contribution in [3.05, 3.63) is 77.3 Å². The molecule has 13 heteroatoms. The van der Waals surface area contributed by atoms with Crippen molar-refractivity contribution in [3.8, 4) is 0 Å². The minimum absolute atomic E-state index is 0.0309. The third-order valence-electron chi connectivity index (χ3n) is 6.41. The molecule has 2 aromatic rings. The number of amidine groups is 1. The first-order chi connectivity index (χ1) is 17.4. The van der Waals surface area contributed by atoms with Gasteiger partial charge in [0.1, 0.15) is 22.0 Å². The van der Waals surface area contributed by atoms with Crippen LogP contribution in [0.25, 0.3) is 0 Å². The van der Waals surface area contributed by atoms with E-state index in [0.29, 0.717) is 18.4 Å². The molecule has 0 saturated carbocycles. The van der Waals surface area contributed by atoms with Gasteiger partial charge in [0.2, 0.25) is 10.0 Å². The summed E-state index contributed by atoms with van der Waals surface area (Å²) in [7, 11) is -8.00. The first-order valence-electron chi connectivity index (χ1n) is 11.3. The van der Waals surface area contributed by atoms with Crippen molar-refractivity contribution in [1.82, 2.24) is 4.90 Å². The normalized spacial score (nSPS) is 22.6. The number of benzene rings is 2. The van der Waals surface area contributed by atoms with E-state index in [1.54, 1.807) is 17.0 Å². The maximum absolute atomic E-state index is 13.7. The van der Waals surface area contributed by atoms with Crippen LogP contribution in [0, 0.1) is 11.7 Å². The Hall–Kier alpha value is -3.71. The Balaban J connectivity index is 1.55. The van der Waals surface area contributed by atoms with Crippen LogP contribution in [-0.2, 0) is 31.4 Å². The van der Waals surface area contributed by atoms with Crippen LogP contribution < -0.4 is 10.0 Å². The SMILES string of the molecule is CS(=O)(=O)Nc1ccc2c(c1)S(=O)(=O)N=C(C1=C(O)[C@H]3CC=CC[C@H]3N(Cc3ccc(F)cc3)C1=O)N2. The zero-order valence-electron chi connectivity index (χ0n) is 19.5. The number of sulfonamides is 2. The van der Waals surface area contributed by atoms with Crippen LogP contribution in [0.5, 0.6) is 0 Å². The Kier molecular flexibility index (Phi) is 6.07. The average molecular weight is 547 g/mol. The van der Waals surface area contributed by atoms with Crippen molar-refractivity contribution in [3.63, 3.8) is 0 Å². The van der Waals surface area contributed by atoms with Gasteiger partial charge in [-0.2, -0.15) is 8.42 Å². The lowest BCUT2D eigenvalue weighted by molar-refractivity contribution is -0.132. The molecule has 2 heterocycles. The van der Waals surface area contributed by atoms with E-state index in [0.717, 1.165) is 12.3 Å². The number of halogens is 1. The van der Waals surface area contributed by atoms with E-state index in [9.17, 15) is 31.1 Å². The lowest BCUT2D eigenvalue weighted by atomic mass is 9.80. The molecule has 0 unspecified atom stereocenters. The second-order valence-electron chi connectivity index (χ2n) is 9.06. The lowest BCUT2D eigenvalue weighted by Gasteiger charge is -2.42. The third-order valence-corrected chi connectivity index (χ3v) is 8.33. The number of rotatable bonds is 5. The summed E-state index contributed by atoms with van der Waals surface area (Å²) in [5.74, 6) is -2.08. The molecule has 5 rings (SSSR count). The van der Waals surface area contributed by atoms with E-state index in [2.05, 4.69) is 14.4 Å². The Morgan fingerprint density at radius 2 is 1.86 bits per heavy atom. The van der Waals surface area contributed by atoms with Gasteiger partial charge in [-0.1, -0.05) is 24.3 Å². The molecule has 2 atom stereocenters. The van der Waals surface area contributed by atoms with Gasteiger partial charge in [0.25, 0.3) is 15.9 Å². The van der Waals surface area contributed by atoms with Crippen LogP contribution >= 0.6 is 0 Å². The Morgan fingerprint density at radius 3 is 2.57 bits per heavy atom. The van der Waals surface area contributed by atoms with E-state index >= 15 is 0 Å². The molecule has 194 valence electrons. The minimum Gasteiger partial charge on any atom is -0.511 e. The summed E-state index contributed by atoms with van der Waals surface area (Å²) in [6, 6.07) is 9.18. The summed E-state index contributed by atoms with van der Waals surface area (Å²) in [5, 5.41) is 14.0. The van der Waals surface area contributed by atoms with Crippen molar-refractivity contribution in [2.75, 3.05) is 16.3 Å². The van der Waals surface area contributed by atoms with Gasteiger partial charge in [-0.05, 0) is 48.7 Å². The largest absolute Gasteiger partial charge is 0.511 e. The second kappa shape index (κ2) is 8.99. The van der Waals surface area contributed by atoms with Gasteiger partial charge in [-0.15, -0.1) is 4.40 Å². The summed E-state index contributed by atoms with van der Waals surface area (Å²) in [6.07, 6.45) is 5.67. The zero-order chi connectivity index (χ0) is 26.5. The van der Waals surface area contributed by atoms with Gasteiger partial charge < -0.3 is 15.3 Å². The highest BCUT2D eigenvalue weighted by molar-refractivity contribution is 7.92. The number of fused-ring (bicyclic) bond motifs is 2. The highest BCUT2D eigenvalue weighted by atomic mass is 32.2. The summed E-state index contributed by atoms with van der Waals surface area (Å²) < 4.78 is 68.6. The Bertz CT molecular complexity index is 1600. The fraction of sp³-hybridized carbons (Fsp3) is 0.250. The summed E-state index contributed by atoms with van der Waals surface area (Å²) in [4.78, 5) is 15.0. The molecule has 0 aromatic heterocycles. The zero-order valence-corrected chi connectivity index (χ0v) is 21.2. The van der Waals surface area contributed by atoms with Crippen molar-refractivity contribution in [1.29, 1.82) is 0 Å². The number of carbonyl (C=O) groups excluding carboxylic acids is 1. The highest BCUT2D eigenvalue weighted by Crippen LogP contribution is 2.39. The van der Waals surface area contributed by atoms with E-state index in [1.165, 1.54) is 24.3 Å². The fourth-order valence-electron chi connectivity index (χ4n) is 4.77. The topological polar surface area (TPSA) is 145 Å². The monoisotopic (exact) mass is 546 g/mol. The minimum atomic E-state index is -4.36. The lowest BCUT2D eigenvalue weighted by Crippen LogP contribution is -2.52. The van der Waals surface area contributed by atoms with Gasteiger partial charge in [-0.25, -0.2) is 12.8 Å². The van der Waals surface area contributed by atoms with Gasteiger partial charge in [-0.3, -0.25) is 9.52 Å². The Labute approximate surface area is 213 Å². The first-order valence-corrected chi connectivity index (χ1v) is 14.6. The maximum Gasteiger partial charge on any atom is 0.286 e. The van der Waals surface area contributed by atoms with Gasteiger partial charge >= 0.3 is 0 Å². The highest BCUT2D eigenvalue weighted by Gasteiger charge is 2.44. The van der Waals surface area contributed by atoms with Crippen LogP contribution in [0.4, 0.5) is 15.8 Å². The van der Waals surface area contributed by atoms with Gasteiger partial charge in [0, 0.05) is 24.2 Å². The Morgan fingerprint density at radius 1 is 1.16 bits per heavy atom. The van der Waals surface area contributed by atoms with Crippen LogP contribution in [0.2, 0.25) is 0 Å². The molecule has 0 bridgehead atoms. The second-order valence-corrected chi connectivity index (χ2v) is 12.4. The molecule has 2 aromatic carbocycles. The third kappa shape index (κ3) is 4.83. The van der Waals surface area contributed by atoms with Crippen LogP contribution in [0.1, 0.15) is 18.4 Å². The molecular formula is C24H23FN4O6S2. The number of anilines is 2. The van der Waals surface area contributed by atoms with Crippen LogP contribution in [0.3, 0.4) is 0 Å². The number of aliphatic hydroxyl groups excluding tert-OH is 1. The molecule has 10 nitrogen and oxygen atoms in total. The molecule has 3 N–H and O–H groups in total. The molecule has 0 saturated heterocycles. The van der Waals surface area contributed by atoms with Crippen molar-refractivity contribution < 1.29 is 31.1 Å². The van der Waals surface area contributed by atoms with Crippen molar-refractivity contribution in [2.24, 2.45) is 10.3 Å². The number of aliphatic hydroxyl groups is 1. The smallest absolute Gasteiger partial charge is 0.286 e. The van der Waals surface area contributed by atoms with E-state index in [4.69, 9.17) is 0 Å². The standard InChI is InChI=1S/C24H23FN4O6S2/c1-36(32,33)27-16-10-11-18-20(12-16)37(34,35)28-23(26-18)21-22(30)17-4-2-3-5-19(17)29(24(21)31)13-14-6-8-15(25)9-7-14/h2-3,6-12,17,19,27,30H,4-5,13H2,1H3,(H,26,28)/t17-,19+/m0/s1. The number of nitrogens with zero attached hydrogens (tertiary/aromatic N) is 2. The molecule has 0 fully saturated rings. The number of hydrogen-bond acceptors (Lipinski definition) is 7. The van der Waals surface area contributed by atoms with Gasteiger partial charge in [0.05, 0.1) is 11.9 Å². The van der Waals surface area contributed by atoms with Crippen LogP contribution in [-0.4, -0.2) is 50.9 Å². The molecule has 2 aliphatic heterocycles. The predicted molar refractivity (Wildman–Crippen MR) is 135 cm³/mol. The molecule has 0 spiro atoms. The molecule has 37 heavy (non-hydrogen) atoms. The maximum atomic E-state index is 13.7. The first kappa shape index (κ1) is 25.0. The number of amides is 1. The van der Waals surface area contributed by atoms with E-state index in [-0.39, 0.29) is 46.0 Å². The number of carbonyl (C=O) groups is 1. The molecule has 1 amide bonds. The summed E-state index contributed by atoms with van der Waals surface area (Å²) >= 11 is 0. The van der Waals surface area contributed by atoms with Gasteiger partial charge in [0.15, 0.2) is 5.84 Å². The fourth-order valence-corrected chi connectivity index (χ4v) is 6.47. The summed E-state index contributed by atoms with van der Waals surface area (Å²) in [5.41, 5.74) is 0.522. The average Bonchev–Trinajstić information content (AvgIpc) is 2.82. The molecule has 3 aliphatic rings.